The van der Waals surface area contributed by atoms with Crippen LogP contribution in [0.4, 0.5) is 0 Å². The lowest BCUT2D eigenvalue weighted by Crippen LogP contribution is -2.35. The van der Waals surface area contributed by atoms with Crippen LogP contribution in [0.1, 0.15) is 12.8 Å². The van der Waals surface area contributed by atoms with Crippen molar-refractivity contribution in [1.29, 1.82) is 0 Å². The molecule has 2 N–H and O–H groups in total. The Morgan fingerprint density at radius 1 is 1.25 bits per heavy atom. The summed E-state index contributed by atoms with van der Waals surface area (Å²) in [6.07, 6.45) is 2.50. The Morgan fingerprint density at radius 3 is 2.92 bits per heavy atom. The Kier molecular flexibility index (Phi) is 2.35. The molecule has 2 unspecified atom stereocenters. The van der Waals surface area contributed by atoms with E-state index in [1.54, 1.807) is 0 Å². The molecule has 3 heteroatoms. The molecule has 2 aliphatic heterocycles. The molecule has 0 spiro atoms. The fourth-order valence-corrected chi connectivity index (χ4v) is 2.48. The number of rotatable bonds is 0. The van der Waals surface area contributed by atoms with Crippen molar-refractivity contribution in [2.75, 3.05) is 33.2 Å². The minimum absolute atomic E-state index is 0.432. The number of fused-ring (bicyclic) bond motifs is 1. The molecule has 0 aromatic heterocycles. The van der Waals surface area contributed by atoms with Crippen molar-refractivity contribution in [3.05, 3.63) is 0 Å². The number of nitrogens with zero attached hydrogens (tertiary/aromatic N) is 2. The van der Waals surface area contributed by atoms with E-state index in [0.717, 1.165) is 12.6 Å². The van der Waals surface area contributed by atoms with Gasteiger partial charge in [0.1, 0.15) is 0 Å². The lowest BCUT2D eigenvalue weighted by atomic mass is 10.2. The van der Waals surface area contributed by atoms with Crippen LogP contribution in [0.5, 0.6) is 0 Å². The van der Waals surface area contributed by atoms with Crippen molar-refractivity contribution >= 4 is 0 Å². The molecule has 0 radical (unpaired) electrons. The molecule has 2 rings (SSSR count). The molecule has 0 saturated carbocycles. The average Bonchev–Trinajstić information content (AvgIpc) is 2.23. The third-order valence-electron chi connectivity index (χ3n) is 3.07. The Bertz CT molecular complexity index is 160. The minimum atomic E-state index is 0.432. The lowest BCUT2D eigenvalue weighted by Gasteiger charge is -2.22. The molecule has 2 saturated heterocycles. The monoisotopic (exact) mass is 169 g/mol. The van der Waals surface area contributed by atoms with Crippen molar-refractivity contribution in [1.82, 2.24) is 9.80 Å². The van der Waals surface area contributed by atoms with E-state index < -0.39 is 0 Å². The van der Waals surface area contributed by atoms with Gasteiger partial charge in [-0.2, -0.15) is 0 Å². The van der Waals surface area contributed by atoms with Crippen molar-refractivity contribution in [3.63, 3.8) is 0 Å². The molecule has 0 aromatic carbocycles. The second-order valence-corrected chi connectivity index (χ2v) is 4.26. The van der Waals surface area contributed by atoms with Gasteiger partial charge in [0.2, 0.25) is 0 Å². The predicted molar refractivity (Wildman–Crippen MR) is 50.1 cm³/mol. The van der Waals surface area contributed by atoms with Crippen molar-refractivity contribution in [2.24, 2.45) is 5.73 Å². The predicted octanol–water partition coefficient (Wildman–Crippen LogP) is -0.276. The van der Waals surface area contributed by atoms with E-state index in [2.05, 4.69) is 16.8 Å². The first-order valence-corrected chi connectivity index (χ1v) is 4.94. The van der Waals surface area contributed by atoms with Gasteiger partial charge in [-0.25, -0.2) is 0 Å². The zero-order valence-electron chi connectivity index (χ0n) is 7.87. The van der Waals surface area contributed by atoms with Gasteiger partial charge in [-0.15, -0.1) is 0 Å². The van der Waals surface area contributed by atoms with Gasteiger partial charge in [-0.05, 0) is 33.0 Å². The molecule has 0 amide bonds. The number of hydrogen-bond acceptors (Lipinski definition) is 3. The van der Waals surface area contributed by atoms with E-state index in [4.69, 9.17) is 5.73 Å². The molecule has 3 nitrogen and oxygen atoms in total. The highest BCUT2D eigenvalue weighted by Gasteiger charge is 2.31. The van der Waals surface area contributed by atoms with Gasteiger partial charge in [0.15, 0.2) is 0 Å². The zero-order chi connectivity index (χ0) is 8.55. The summed E-state index contributed by atoms with van der Waals surface area (Å²) >= 11 is 0. The van der Waals surface area contributed by atoms with E-state index in [0.29, 0.717) is 6.04 Å². The Balaban J connectivity index is 1.99. The molecular formula is C9H19N3. The molecule has 0 bridgehead atoms. The summed E-state index contributed by atoms with van der Waals surface area (Å²) in [5.41, 5.74) is 5.93. The van der Waals surface area contributed by atoms with Crippen LogP contribution < -0.4 is 5.73 Å². The summed E-state index contributed by atoms with van der Waals surface area (Å²) in [5, 5.41) is 0. The smallest absolute Gasteiger partial charge is 0.0238 e. The van der Waals surface area contributed by atoms with E-state index in [1.807, 2.05) is 0 Å². The van der Waals surface area contributed by atoms with Crippen LogP contribution in [0.3, 0.4) is 0 Å². The summed E-state index contributed by atoms with van der Waals surface area (Å²) < 4.78 is 0. The highest BCUT2D eigenvalue weighted by Crippen LogP contribution is 2.19. The molecule has 2 atom stereocenters. The van der Waals surface area contributed by atoms with Crippen LogP contribution in [-0.4, -0.2) is 55.1 Å². The number of nitrogens with two attached hydrogens (primary N) is 1. The first kappa shape index (κ1) is 8.48. The topological polar surface area (TPSA) is 32.5 Å². The van der Waals surface area contributed by atoms with Gasteiger partial charge >= 0.3 is 0 Å². The molecule has 0 aromatic rings. The molecule has 2 heterocycles. The Morgan fingerprint density at radius 2 is 2.08 bits per heavy atom. The normalized spacial score (nSPS) is 39.5. The van der Waals surface area contributed by atoms with Crippen LogP contribution in [0.25, 0.3) is 0 Å². The second kappa shape index (κ2) is 3.32. The summed E-state index contributed by atoms with van der Waals surface area (Å²) in [7, 11) is 2.22. The summed E-state index contributed by atoms with van der Waals surface area (Å²) in [4.78, 5) is 5.00. The first-order valence-electron chi connectivity index (χ1n) is 4.94. The molecule has 70 valence electrons. The second-order valence-electron chi connectivity index (χ2n) is 4.26. The SMILES string of the molecule is CN1CCCN2CC(N)CC2C1. The quantitative estimate of drug-likeness (QED) is 0.541. The van der Waals surface area contributed by atoms with Crippen LogP contribution in [0.2, 0.25) is 0 Å². The lowest BCUT2D eigenvalue weighted by molar-refractivity contribution is 0.240. The standard InChI is InChI=1S/C9H19N3/c1-11-3-2-4-12-6-8(10)5-9(12)7-11/h8-9H,2-7,10H2,1H3. The van der Waals surface area contributed by atoms with E-state index >= 15 is 0 Å². The third-order valence-corrected chi connectivity index (χ3v) is 3.07. The first-order chi connectivity index (χ1) is 5.75. The Labute approximate surface area is 74.5 Å². The van der Waals surface area contributed by atoms with Crippen LogP contribution >= 0.6 is 0 Å². The van der Waals surface area contributed by atoms with Gasteiger partial charge < -0.3 is 10.6 Å². The van der Waals surface area contributed by atoms with Gasteiger partial charge in [0.25, 0.3) is 0 Å². The largest absolute Gasteiger partial charge is 0.326 e. The zero-order valence-corrected chi connectivity index (χ0v) is 7.87. The molecule has 2 fully saturated rings. The highest BCUT2D eigenvalue weighted by molar-refractivity contribution is 4.90. The van der Waals surface area contributed by atoms with Crippen molar-refractivity contribution in [2.45, 2.75) is 24.9 Å². The van der Waals surface area contributed by atoms with Gasteiger partial charge in [-0.3, -0.25) is 4.90 Å². The van der Waals surface area contributed by atoms with E-state index in [-0.39, 0.29) is 0 Å². The Hall–Kier alpha value is -0.120. The average molecular weight is 169 g/mol. The summed E-state index contributed by atoms with van der Waals surface area (Å²) in [5.74, 6) is 0. The summed E-state index contributed by atoms with van der Waals surface area (Å²) in [6, 6.07) is 1.17. The maximum absolute atomic E-state index is 5.93. The number of hydrogen-bond donors (Lipinski definition) is 1. The highest BCUT2D eigenvalue weighted by atomic mass is 15.3. The fraction of sp³-hybridized carbons (Fsp3) is 1.00. The van der Waals surface area contributed by atoms with Gasteiger partial charge in [0, 0.05) is 25.2 Å². The minimum Gasteiger partial charge on any atom is -0.326 e. The molecule has 12 heavy (non-hydrogen) atoms. The molecule has 2 aliphatic rings. The van der Waals surface area contributed by atoms with Crippen LogP contribution in [0.15, 0.2) is 0 Å². The fourth-order valence-electron chi connectivity index (χ4n) is 2.48. The van der Waals surface area contributed by atoms with Crippen LogP contribution in [-0.2, 0) is 0 Å². The van der Waals surface area contributed by atoms with Crippen molar-refractivity contribution < 1.29 is 0 Å². The maximum Gasteiger partial charge on any atom is 0.0238 e. The van der Waals surface area contributed by atoms with Gasteiger partial charge in [0.05, 0.1) is 0 Å². The van der Waals surface area contributed by atoms with Gasteiger partial charge in [-0.1, -0.05) is 0 Å². The third kappa shape index (κ3) is 1.63. The molecule has 0 aliphatic carbocycles. The summed E-state index contributed by atoms with van der Waals surface area (Å²) in [6.45, 7) is 4.84. The maximum atomic E-state index is 5.93. The molecular weight excluding hydrogens is 150 g/mol. The van der Waals surface area contributed by atoms with Crippen molar-refractivity contribution in [3.8, 4) is 0 Å². The van der Waals surface area contributed by atoms with E-state index in [1.165, 1.54) is 32.5 Å². The van der Waals surface area contributed by atoms with Crippen LogP contribution in [0, 0.1) is 0 Å². The number of likely N-dealkylation sites (N-methyl/N-ethyl adjacent to an activating group) is 1. The van der Waals surface area contributed by atoms with E-state index in [9.17, 15) is 0 Å².